The highest BCUT2D eigenvalue weighted by Gasteiger charge is 2.25. The molecule has 0 saturated carbocycles. The van der Waals surface area contributed by atoms with Crippen molar-refractivity contribution in [1.82, 2.24) is 4.72 Å². The van der Waals surface area contributed by atoms with E-state index < -0.39 is 15.6 Å². The lowest BCUT2D eigenvalue weighted by Gasteiger charge is -2.24. The summed E-state index contributed by atoms with van der Waals surface area (Å²) in [6.45, 7) is 1.48. The Kier molecular flexibility index (Phi) is 6.20. The van der Waals surface area contributed by atoms with Crippen LogP contribution in [0.2, 0.25) is 5.02 Å². The van der Waals surface area contributed by atoms with Crippen LogP contribution in [0.4, 0.5) is 0 Å². The van der Waals surface area contributed by atoms with Crippen molar-refractivity contribution in [2.45, 2.75) is 18.3 Å². The second-order valence-corrected chi connectivity index (χ2v) is 9.17. The predicted octanol–water partition coefficient (Wildman–Crippen LogP) is 4.33. The van der Waals surface area contributed by atoms with Crippen LogP contribution < -0.4 is 4.72 Å². The molecule has 3 rings (SSSR count). The maximum absolute atomic E-state index is 12.3. The average Bonchev–Trinajstić information content (AvgIpc) is 2.69. The van der Waals surface area contributed by atoms with Crippen molar-refractivity contribution in [3.8, 4) is 11.1 Å². The fraction of sp³-hybridized carbons (Fsp3) is 0.182. The van der Waals surface area contributed by atoms with Gasteiger partial charge in [-0.3, -0.25) is 0 Å². The number of benzene rings is 3. The second-order valence-electron chi connectivity index (χ2n) is 6.92. The molecular weight excluding hydrogens is 394 g/mol. The van der Waals surface area contributed by atoms with Gasteiger partial charge in [0, 0.05) is 11.6 Å². The van der Waals surface area contributed by atoms with Crippen LogP contribution in [0.1, 0.15) is 18.1 Å². The summed E-state index contributed by atoms with van der Waals surface area (Å²) in [7, 11) is -3.59. The molecule has 0 aliphatic rings. The second kappa shape index (κ2) is 8.45. The number of hydrogen-bond donors (Lipinski definition) is 2. The molecule has 146 valence electrons. The third kappa shape index (κ3) is 5.42. The lowest BCUT2D eigenvalue weighted by molar-refractivity contribution is 0.0627. The van der Waals surface area contributed by atoms with Crippen LogP contribution in [-0.4, -0.2) is 20.1 Å². The minimum absolute atomic E-state index is 0.117. The van der Waals surface area contributed by atoms with E-state index in [0.29, 0.717) is 16.1 Å². The van der Waals surface area contributed by atoms with E-state index in [1.807, 2.05) is 54.6 Å². The van der Waals surface area contributed by atoms with Crippen LogP contribution >= 0.6 is 11.6 Å². The molecule has 28 heavy (non-hydrogen) atoms. The number of halogens is 1. The molecule has 1 unspecified atom stereocenters. The Morgan fingerprint density at radius 1 is 0.893 bits per heavy atom. The van der Waals surface area contributed by atoms with Crippen molar-refractivity contribution in [3.05, 3.63) is 95.0 Å². The van der Waals surface area contributed by atoms with Gasteiger partial charge in [-0.1, -0.05) is 78.3 Å². The van der Waals surface area contributed by atoms with Gasteiger partial charge in [-0.15, -0.1) is 0 Å². The lowest BCUT2D eigenvalue weighted by atomic mass is 9.94. The van der Waals surface area contributed by atoms with Gasteiger partial charge < -0.3 is 5.11 Å². The quantitative estimate of drug-likeness (QED) is 0.603. The summed E-state index contributed by atoms with van der Waals surface area (Å²) in [6.07, 6.45) is 0. The first-order valence-electron chi connectivity index (χ1n) is 8.85. The Labute approximate surface area is 170 Å². The summed E-state index contributed by atoms with van der Waals surface area (Å²) in [5, 5.41) is 11.3. The molecule has 6 heteroatoms. The summed E-state index contributed by atoms with van der Waals surface area (Å²) >= 11 is 5.82. The fourth-order valence-electron chi connectivity index (χ4n) is 2.86. The summed E-state index contributed by atoms with van der Waals surface area (Å²) in [5.74, 6) is -0.173. The zero-order chi connectivity index (χ0) is 20.2. The van der Waals surface area contributed by atoms with Gasteiger partial charge in [0.1, 0.15) is 5.60 Å². The summed E-state index contributed by atoms with van der Waals surface area (Å²) < 4.78 is 27.2. The van der Waals surface area contributed by atoms with E-state index in [-0.39, 0.29) is 12.3 Å². The number of nitrogens with one attached hydrogen (secondary N) is 1. The molecule has 3 aromatic carbocycles. The zero-order valence-electron chi connectivity index (χ0n) is 15.5. The third-order valence-corrected chi connectivity index (χ3v) is 6.07. The number of sulfonamides is 1. The maximum Gasteiger partial charge on any atom is 0.215 e. The molecule has 0 amide bonds. The van der Waals surface area contributed by atoms with Gasteiger partial charge in [-0.25, -0.2) is 13.1 Å². The molecule has 3 aromatic rings. The van der Waals surface area contributed by atoms with Gasteiger partial charge in [0.15, 0.2) is 0 Å². The van der Waals surface area contributed by atoms with Crippen LogP contribution in [0.15, 0.2) is 78.9 Å². The van der Waals surface area contributed by atoms with Crippen molar-refractivity contribution in [1.29, 1.82) is 0 Å². The molecule has 0 aromatic heterocycles. The average molecular weight is 416 g/mol. The van der Waals surface area contributed by atoms with E-state index in [1.165, 1.54) is 0 Å². The standard InChI is InChI=1S/C22H22ClNO3S/c1-22(25,16-24-28(26,27)15-17-7-13-21(23)14-8-17)20-11-9-19(10-12-20)18-5-3-2-4-6-18/h2-14,24-25H,15-16H2,1H3. The van der Waals surface area contributed by atoms with Crippen molar-refractivity contribution in [3.63, 3.8) is 0 Å². The Morgan fingerprint density at radius 3 is 2.07 bits per heavy atom. The van der Waals surface area contributed by atoms with E-state index in [4.69, 9.17) is 11.6 Å². The van der Waals surface area contributed by atoms with E-state index in [9.17, 15) is 13.5 Å². The Bertz CT molecular complexity index is 1020. The van der Waals surface area contributed by atoms with Gasteiger partial charge in [0.05, 0.1) is 5.75 Å². The van der Waals surface area contributed by atoms with E-state index in [1.54, 1.807) is 31.2 Å². The largest absolute Gasteiger partial charge is 0.384 e. The Morgan fingerprint density at radius 2 is 1.46 bits per heavy atom. The smallest absolute Gasteiger partial charge is 0.215 e. The van der Waals surface area contributed by atoms with Crippen LogP contribution in [0.5, 0.6) is 0 Å². The van der Waals surface area contributed by atoms with Crippen LogP contribution in [0.3, 0.4) is 0 Å². The first-order valence-corrected chi connectivity index (χ1v) is 10.9. The molecule has 1 atom stereocenters. The van der Waals surface area contributed by atoms with Crippen LogP contribution in [-0.2, 0) is 21.4 Å². The van der Waals surface area contributed by atoms with Gasteiger partial charge in [-0.2, -0.15) is 0 Å². The molecular formula is C22H22ClNO3S. The van der Waals surface area contributed by atoms with Gasteiger partial charge >= 0.3 is 0 Å². The number of hydrogen-bond acceptors (Lipinski definition) is 3. The Hall–Kier alpha value is -2.18. The molecule has 0 aliphatic heterocycles. The van der Waals surface area contributed by atoms with Gasteiger partial charge in [0.2, 0.25) is 10.0 Å². The summed E-state index contributed by atoms with van der Waals surface area (Å²) in [5.41, 5.74) is 2.05. The highest BCUT2D eigenvalue weighted by atomic mass is 35.5. The van der Waals surface area contributed by atoms with E-state index in [2.05, 4.69) is 4.72 Å². The number of aliphatic hydroxyl groups is 1. The highest BCUT2D eigenvalue weighted by molar-refractivity contribution is 7.88. The monoisotopic (exact) mass is 415 g/mol. The predicted molar refractivity (Wildman–Crippen MR) is 114 cm³/mol. The molecule has 0 fully saturated rings. The molecule has 2 N–H and O–H groups in total. The topological polar surface area (TPSA) is 66.4 Å². The third-order valence-electron chi connectivity index (χ3n) is 4.52. The molecule has 4 nitrogen and oxygen atoms in total. The molecule has 0 radical (unpaired) electrons. The van der Waals surface area contributed by atoms with Crippen molar-refractivity contribution in [2.24, 2.45) is 0 Å². The van der Waals surface area contributed by atoms with E-state index >= 15 is 0 Å². The minimum atomic E-state index is -3.59. The Balaban J connectivity index is 1.66. The van der Waals surface area contributed by atoms with Crippen molar-refractivity contribution in [2.75, 3.05) is 6.54 Å². The van der Waals surface area contributed by atoms with Gasteiger partial charge in [0.25, 0.3) is 0 Å². The van der Waals surface area contributed by atoms with Crippen molar-refractivity contribution >= 4 is 21.6 Å². The first-order chi connectivity index (χ1) is 13.3. The molecule has 0 spiro atoms. The normalized spacial score (nSPS) is 13.8. The van der Waals surface area contributed by atoms with E-state index in [0.717, 1.165) is 11.1 Å². The van der Waals surface area contributed by atoms with Crippen molar-refractivity contribution < 1.29 is 13.5 Å². The number of rotatable bonds is 7. The summed E-state index contributed by atoms with van der Waals surface area (Å²) in [4.78, 5) is 0. The summed E-state index contributed by atoms with van der Waals surface area (Å²) in [6, 6.07) is 24.0. The highest BCUT2D eigenvalue weighted by Crippen LogP contribution is 2.25. The lowest BCUT2D eigenvalue weighted by Crippen LogP contribution is -2.39. The van der Waals surface area contributed by atoms with Crippen LogP contribution in [0, 0.1) is 0 Å². The molecule has 0 saturated heterocycles. The SMILES string of the molecule is CC(O)(CNS(=O)(=O)Cc1ccc(Cl)cc1)c1ccc(-c2ccccc2)cc1. The molecule has 0 bridgehead atoms. The molecule has 0 aliphatic carbocycles. The fourth-order valence-corrected chi connectivity index (χ4v) is 4.22. The zero-order valence-corrected chi connectivity index (χ0v) is 17.0. The van der Waals surface area contributed by atoms with Crippen LogP contribution in [0.25, 0.3) is 11.1 Å². The minimum Gasteiger partial charge on any atom is -0.384 e. The first kappa shape index (κ1) is 20.6. The van der Waals surface area contributed by atoms with Gasteiger partial charge in [-0.05, 0) is 41.3 Å². The molecule has 0 heterocycles. The maximum atomic E-state index is 12.3.